The molecule has 0 aliphatic rings. The summed E-state index contributed by atoms with van der Waals surface area (Å²) in [5.74, 6) is -1.15. The second kappa shape index (κ2) is 6.19. The first kappa shape index (κ1) is 14.7. The number of carboxylic acids is 1. The molecule has 1 aromatic heterocycles. The fourth-order valence-corrected chi connectivity index (χ4v) is 1.76. The van der Waals surface area contributed by atoms with Crippen molar-refractivity contribution in [1.29, 1.82) is 0 Å². The Bertz CT molecular complexity index is 705. The molecule has 0 aliphatic carbocycles. The van der Waals surface area contributed by atoms with Crippen LogP contribution in [0.5, 0.6) is 5.75 Å². The average molecular weight is 309 g/mol. The van der Waals surface area contributed by atoms with E-state index in [1.807, 2.05) is 0 Å². The maximum atomic E-state index is 10.9. The summed E-state index contributed by atoms with van der Waals surface area (Å²) in [5, 5.41) is 20.0. The summed E-state index contributed by atoms with van der Waals surface area (Å²) in [5.41, 5.74) is 0.181. The van der Waals surface area contributed by atoms with Gasteiger partial charge in [0.2, 0.25) is 0 Å². The first-order valence-corrected chi connectivity index (χ1v) is 6.10. The minimum Gasteiger partial charge on any atom is -0.482 e. The summed E-state index contributed by atoms with van der Waals surface area (Å²) in [7, 11) is 0. The largest absolute Gasteiger partial charge is 0.482 e. The molecule has 0 radical (unpaired) electrons. The number of halogens is 1. The third-order valence-corrected chi connectivity index (χ3v) is 2.79. The lowest BCUT2D eigenvalue weighted by atomic mass is 10.2. The molecule has 2 rings (SSSR count). The summed E-state index contributed by atoms with van der Waals surface area (Å²) in [4.78, 5) is 24.8. The second-order valence-electron chi connectivity index (χ2n) is 4.01. The Morgan fingerprint density at radius 3 is 2.81 bits per heavy atom. The van der Waals surface area contributed by atoms with Crippen molar-refractivity contribution in [2.24, 2.45) is 0 Å². The fourth-order valence-electron chi connectivity index (χ4n) is 1.60. The van der Waals surface area contributed by atoms with Crippen molar-refractivity contribution in [2.75, 3.05) is 0 Å². The number of hydrogen-bond donors (Lipinski definition) is 1. The molecule has 1 N–H and O–H groups in total. The highest BCUT2D eigenvalue weighted by Crippen LogP contribution is 2.30. The minimum absolute atomic E-state index is 0.0150. The van der Waals surface area contributed by atoms with Gasteiger partial charge in [0, 0.05) is 23.4 Å². The summed E-state index contributed by atoms with van der Waals surface area (Å²) in [6.45, 7) is -0.0377. The lowest BCUT2D eigenvalue weighted by Crippen LogP contribution is -2.03. The zero-order chi connectivity index (χ0) is 15.4. The van der Waals surface area contributed by atoms with Crippen LogP contribution in [0.3, 0.4) is 0 Å². The number of nitro benzene ring substituents is 1. The smallest absolute Gasteiger partial charge is 0.354 e. The van der Waals surface area contributed by atoms with Crippen molar-refractivity contribution in [3.8, 4) is 5.75 Å². The third kappa shape index (κ3) is 3.67. The van der Waals surface area contributed by atoms with E-state index in [0.29, 0.717) is 10.6 Å². The molecule has 108 valence electrons. The van der Waals surface area contributed by atoms with Gasteiger partial charge in [-0.15, -0.1) is 0 Å². The third-order valence-electron chi connectivity index (χ3n) is 2.56. The van der Waals surface area contributed by atoms with Crippen LogP contribution >= 0.6 is 11.6 Å². The molecule has 0 fully saturated rings. The summed E-state index contributed by atoms with van der Waals surface area (Å²) < 4.78 is 5.35. The zero-order valence-corrected chi connectivity index (χ0v) is 11.3. The summed E-state index contributed by atoms with van der Waals surface area (Å²) in [6.07, 6.45) is 1.33. The molecule has 0 saturated heterocycles. The summed E-state index contributed by atoms with van der Waals surface area (Å²) >= 11 is 5.78. The van der Waals surface area contributed by atoms with Crippen molar-refractivity contribution in [3.05, 3.63) is 62.9 Å². The van der Waals surface area contributed by atoms with Gasteiger partial charge in [-0.3, -0.25) is 10.1 Å². The molecular weight excluding hydrogens is 300 g/mol. The van der Waals surface area contributed by atoms with E-state index < -0.39 is 10.9 Å². The van der Waals surface area contributed by atoms with Gasteiger partial charge in [0.25, 0.3) is 0 Å². The van der Waals surface area contributed by atoms with Gasteiger partial charge >= 0.3 is 11.7 Å². The molecular formula is C13H9ClN2O5. The van der Waals surface area contributed by atoms with E-state index in [1.165, 1.54) is 30.5 Å². The Labute approximate surface area is 123 Å². The molecule has 1 heterocycles. The molecule has 0 aliphatic heterocycles. The number of ether oxygens (including phenoxy) is 1. The van der Waals surface area contributed by atoms with E-state index in [2.05, 4.69) is 4.98 Å². The summed E-state index contributed by atoms with van der Waals surface area (Å²) in [6, 6.07) is 6.86. The van der Waals surface area contributed by atoms with Gasteiger partial charge in [-0.05, 0) is 23.8 Å². The molecule has 0 unspecified atom stereocenters. The highest BCUT2D eigenvalue weighted by Gasteiger charge is 2.15. The number of rotatable bonds is 5. The van der Waals surface area contributed by atoms with Gasteiger partial charge < -0.3 is 9.84 Å². The van der Waals surface area contributed by atoms with Crippen LogP contribution in [-0.4, -0.2) is 21.0 Å². The topological polar surface area (TPSA) is 103 Å². The number of aromatic nitrogens is 1. The molecule has 0 atom stereocenters. The van der Waals surface area contributed by atoms with Crippen LogP contribution in [0.1, 0.15) is 16.1 Å². The van der Waals surface area contributed by atoms with Crippen LogP contribution in [0.4, 0.5) is 5.69 Å². The standard InChI is InChI=1S/C13H9ClN2O5/c14-9-1-2-11(16(19)20)12(6-9)21-7-8-3-4-15-10(5-8)13(17)18/h1-6H,7H2,(H,17,18). The van der Waals surface area contributed by atoms with Crippen molar-refractivity contribution in [1.82, 2.24) is 4.98 Å². The van der Waals surface area contributed by atoms with Crippen LogP contribution in [0, 0.1) is 10.1 Å². The molecule has 8 heteroatoms. The number of nitrogens with zero attached hydrogens (tertiary/aromatic N) is 2. The van der Waals surface area contributed by atoms with Crippen LogP contribution in [-0.2, 0) is 6.61 Å². The van der Waals surface area contributed by atoms with Gasteiger partial charge in [0.15, 0.2) is 5.75 Å². The van der Waals surface area contributed by atoms with Crippen molar-refractivity contribution < 1.29 is 19.6 Å². The molecule has 0 amide bonds. The van der Waals surface area contributed by atoms with E-state index in [1.54, 1.807) is 6.07 Å². The number of pyridine rings is 1. The van der Waals surface area contributed by atoms with Gasteiger partial charge in [-0.2, -0.15) is 0 Å². The van der Waals surface area contributed by atoms with Crippen LogP contribution in [0.2, 0.25) is 5.02 Å². The number of aromatic carboxylic acids is 1. The molecule has 2 aromatic rings. The minimum atomic E-state index is -1.16. The number of hydrogen-bond acceptors (Lipinski definition) is 5. The van der Waals surface area contributed by atoms with E-state index in [9.17, 15) is 14.9 Å². The maximum absolute atomic E-state index is 10.9. The van der Waals surface area contributed by atoms with Crippen LogP contribution in [0.25, 0.3) is 0 Å². The highest BCUT2D eigenvalue weighted by atomic mass is 35.5. The lowest BCUT2D eigenvalue weighted by molar-refractivity contribution is -0.385. The van der Waals surface area contributed by atoms with Crippen molar-refractivity contribution >= 4 is 23.3 Å². The van der Waals surface area contributed by atoms with Crippen LogP contribution in [0.15, 0.2) is 36.5 Å². The van der Waals surface area contributed by atoms with Gasteiger partial charge in [0.1, 0.15) is 12.3 Å². The van der Waals surface area contributed by atoms with E-state index in [-0.39, 0.29) is 23.7 Å². The molecule has 0 saturated carbocycles. The number of benzene rings is 1. The number of carbonyl (C=O) groups is 1. The maximum Gasteiger partial charge on any atom is 0.354 e. The average Bonchev–Trinajstić information content (AvgIpc) is 2.45. The molecule has 0 spiro atoms. The monoisotopic (exact) mass is 308 g/mol. The Kier molecular flexibility index (Phi) is 4.34. The fraction of sp³-hybridized carbons (Fsp3) is 0.0769. The first-order chi connectivity index (χ1) is 9.97. The molecule has 1 aromatic carbocycles. The number of carboxylic acid groups (broad SMARTS) is 1. The number of nitro groups is 1. The normalized spacial score (nSPS) is 10.1. The Hall–Kier alpha value is -2.67. The predicted octanol–water partition coefficient (Wildman–Crippen LogP) is 2.92. The zero-order valence-electron chi connectivity index (χ0n) is 10.5. The quantitative estimate of drug-likeness (QED) is 0.673. The van der Waals surface area contributed by atoms with Gasteiger partial charge in [-0.1, -0.05) is 11.6 Å². The van der Waals surface area contributed by atoms with Crippen molar-refractivity contribution in [3.63, 3.8) is 0 Å². The Morgan fingerprint density at radius 1 is 1.38 bits per heavy atom. The van der Waals surface area contributed by atoms with E-state index in [0.717, 1.165) is 0 Å². The highest BCUT2D eigenvalue weighted by molar-refractivity contribution is 6.30. The van der Waals surface area contributed by atoms with E-state index in [4.69, 9.17) is 21.4 Å². The molecule has 21 heavy (non-hydrogen) atoms. The van der Waals surface area contributed by atoms with Crippen LogP contribution < -0.4 is 4.74 Å². The first-order valence-electron chi connectivity index (χ1n) is 5.72. The van der Waals surface area contributed by atoms with Crippen molar-refractivity contribution in [2.45, 2.75) is 6.61 Å². The molecule has 0 bridgehead atoms. The van der Waals surface area contributed by atoms with E-state index >= 15 is 0 Å². The second-order valence-corrected chi connectivity index (χ2v) is 4.45. The Morgan fingerprint density at radius 2 is 2.14 bits per heavy atom. The van der Waals surface area contributed by atoms with Gasteiger partial charge in [-0.25, -0.2) is 9.78 Å². The SMILES string of the molecule is O=C(O)c1cc(COc2cc(Cl)ccc2[N+](=O)[O-])ccn1. The molecule has 7 nitrogen and oxygen atoms in total. The predicted molar refractivity (Wildman–Crippen MR) is 73.6 cm³/mol. The lowest BCUT2D eigenvalue weighted by Gasteiger charge is -2.07. The van der Waals surface area contributed by atoms with Gasteiger partial charge in [0.05, 0.1) is 4.92 Å². The Balaban J connectivity index is 2.20.